The molecule has 2 aromatic carbocycles. The SMILES string of the molecule is CC[C@@H](CNC(=O)c1ccccc1SCC(N)=O)c1ccccc1. The van der Waals surface area contributed by atoms with E-state index in [1.165, 1.54) is 17.3 Å². The van der Waals surface area contributed by atoms with Crippen LogP contribution in [0.5, 0.6) is 0 Å². The largest absolute Gasteiger partial charge is 0.369 e. The van der Waals surface area contributed by atoms with E-state index >= 15 is 0 Å². The molecular weight excluding hydrogens is 320 g/mol. The molecule has 0 aliphatic rings. The Balaban J connectivity index is 2.03. The Bertz CT molecular complexity index is 689. The summed E-state index contributed by atoms with van der Waals surface area (Å²) in [5, 5.41) is 3.01. The number of rotatable bonds is 8. The Morgan fingerprint density at radius 3 is 2.42 bits per heavy atom. The third-order valence-corrected chi connectivity index (χ3v) is 4.87. The van der Waals surface area contributed by atoms with Crippen molar-refractivity contribution in [1.29, 1.82) is 0 Å². The third-order valence-electron chi connectivity index (χ3n) is 3.77. The zero-order valence-corrected chi connectivity index (χ0v) is 14.5. The molecule has 0 aliphatic carbocycles. The first-order valence-electron chi connectivity index (χ1n) is 7.95. The average Bonchev–Trinajstić information content (AvgIpc) is 2.61. The van der Waals surface area contributed by atoms with E-state index < -0.39 is 5.91 Å². The Labute approximate surface area is 146 Å². The van der Waals surface area contributed by atoms with Crippen LogP contribution in [0.1, 0.15) is 35.2 Å². The molecule has 2 aromatic rings. The first-order valence-corrected chi connectivity index (χ1v) is 8.93. The van der Waals surface area contributed by atoms with Crippen LogP contribution in [0.25, 0.3) is 0 Å². The maximum absolute atomic E-state index is 12.5. The van der Waals surface area contributed by atoms with Crippen molar-refractivity contribution < 1.29 is 9.59 Å². The van der Waals surface area contributed by atoms with Gasteiger partial charge in [-0.25, -0.2) is 0 Å². The highest BCUT2D eigenvalue weighted by Gasteiger charge is 2.15. The number of primary amides is 1. The first kappa shape index (κ1) is 18.1. The molecule has 0 bridgehead atoms. The van der Waals surface area contributed by atoms with Crippen LogP contribution in [0.15, 0.2) is 59.5 Å². The molecule has 0 saturated heterocycles. The summed E-state index contributed by atoms with van der Waals surface area (Å²) in [6.45, 7) is 2.69. The van der Waals surface area contributed by atoms with E-state index in [4.69, 9.17) is 5.73 Å². The zero-order chi connectivity index (χ0) is 17.4. The van der Waals surface area contributed by atoms with Gasteiger partial charge in [0.1, 0.15) is 0 Å². The molecule has 3 N–H and O–H groups in total. The summed E-state index contributed by atoms with van der Waals surface area (Å²) in [5.41, 5.74) is 6.98. The fourth-order valence-electron chi connectivity index (χ4n) is 2.46. The first-order chi connectivity index (χ1) is 11.6. The number of carbonyl (C=O) groups excluding carboxylic acids is 2. The predicted molar refractivity (Wildman–Crippen MR) is 98.2 cm³/mol. The van der Waals surface area contributed by atoms with Crippen LogP contribution in [0.4, 0.5) is 0 Å². The van der Waals surface area contributed by atoms with Gasteiger partial charge in [0, 0.05) is 17.4 Å². The van der Waals surface area contributed by atoms with Gasteiger partial charge in [-0.1, -0.05) is 49.4 Å². The maximum Gasteiger partial charge on any atom is 0.252 e. The number of carbonyl (C=O) groups is 2. The van der Waals surface area contributed by atoms with Crippen LogP contribution in [0, 0.1) is 0 Å². The van der Waals surface area contributed by atoms with E-state index in [1.807, 2.05) is 36.4 Å². The quantitative estimate of drug-likeness (QED) is 0.724. The minimum absolute atomic E-state index is 0.128. The molecule has 0 aromatic heterocycles. The molecule has 0 radical (unpaired) electrons. The molecule has 4 nitrogen and oxygen atoms in total. The van der Waals surface area contributed by atoms with Gasteiger partial charge in [0.2, 0.25) is 5.91 Å². The van der Waals surface area contributed by atoms with Gasteiger partial charge in [-0.2, -0.15) is 0 Å². The van der Waals surface area contributed by atoms with Crippen molar-refractivity contribution in [2.45, 2.75) is 24.2 Å². The highest BCUT2D eigenvalue weighted by Crippen LogP contribution is 2.23. The molecule has 5 heteroatoms. The van der Waals surface area contributed by atoms with E-state index in [0.29, 0.717) is 12.1 Å². The smallest absolute Gasteiger partial charge is 0.252 e. The van der Waals surface area contributed by atoms with E-state index in [9.17, 15) is 9.59 Å². The average molecular weight is 342 g/mol. The fourth-order valence-corrected chi connectivity index (χ4v) is 3.25. The molecule has 0 unspecified atom stereocenters. The summed E-state index contributed by atoms with van der Waals surface area (Å²) >= 11 is 1.28. The van der Waals surface area contributed by atoms with Gasteiger partial charge in [0.15, 0.2) is 0 Å². The van der Waals surface area contributed by atoms with Gasteiger partial charge < -0.3 is 11.1 Å². The summed E-state index contributed by atoms with van der Waals surface area (Å²) in [6, 6.07) is 17.4. The Kier molecular flexibility index (Phi) is 6.88. The maximum atomic E-state index is 12.5. The normalized spacial score (nSPS) is 11.7. The minimum Gasteiger partial charge on any atom is -0.369 e. The highest BCUT2D eigenvalue weighted by molar-refractivity contribution is 8.00. The molecule has 0 fully saturated rings. The summed E-state index contributed by atoms with van der Waals surface area (Å²) in [4.78, 5) is 24.3. The molecule has 0 aliphatic heterocycles. The van der Waals surface area contributed by atoms with E-state index in [1.54, 1.807) is 6.07 Å². The van der Waals surface area contributed by atoms with Crippen molar-refractivity contribution in [3.8, 4) is 0 Å². The number of thioether (sulfide) groups is 1. The predicted octanol–water partition coefficient (Wildman–Crippen LogP) is 3.19. The Morgan fingerprint density at radius 2 is 1.75 bits per heavy atom. The second-order valence-corrected chi connectivity index (χ2v) is 6.49. The second kappa shape index (κ2) is 9.13. The Morgan fingerprint density at radius 1 is 1.08 bits per heavy atom. The van der Waals surface area contributed by atoms with Gasteiger partial charge in [-0.05, 0) is 24.1 Å². The van der Waals surface area contributed by atoms with Crippen LogP contribution >= 0.6 is 11.8 Å². The van der Waals surface area contributed by atoms with Gasteiger partial charge in [0.05, 0.1) is 11.3 Å². The number of nitrogens with one attached hydrogen (secondary N) is 1. The van der Waals surface area contributed by atoms with Crippen LogP contribution in [-0.4, -0.2) is 24.1 Å². The van der Waals surface area contributed by atoms with Crippen LogP contribution in [0.2, 0.25) is 0 Å². The van der Waals surface area contributed by atoms with Gasteiger partial charge >= 0.3 is 0 Å². The van der Waals surface area contributed by atoms with Crippen LogP contribution in [0.3, 0.4) is 0 Å². The lowest BCUT2D eigenvalue weighted by molar-refractivity contribution is -0.115. The molecular formula is C19H22N2O2S. The monoisotopic (exact) mass is 342 g/mol. The highest BCUT2D eigenvalue weighted by atomic mass is 32.2. The second-order valence-electron chi connectivity index (χ2n) is 5.48. The molecule has 0 heterocycles. The topological polar surface area (TPSA) is 72.2 Å². The Hall–Kier alpha value is -2.27. The lowest BCUT2D eigenvalue weighted by Gasteiger charge is -2.17. The summed E-state index contributed by atoms with van der Waals surface area (Å²) in [5.74, 6) is -0.0887. The van der Waals surface area contributed by atoms with E-state index in [2.05, 4.69) is 24.4 Å². The molecule has 2 amide bonds. The molecule has 24 heavy (non-hydrogen) atoms. The third kappa shape index (κ3) is 5.13. The summed E-state index contributed by atoms with van der Waals surface area (Å²) in [7, 11) is 0. The lowest BCUT2D eigenvalue weighted by atomic mass is 9.96. The van der Waals surface area contributed by atoms with Crippen molar-refractivity contribution in [3.05, 3.63) is 65.7 Å². The zero-order valence-electron chi connectivity index (χ0n) is 13.7. The van der Waals surface area contributed by atoms with Crippen molar-refractivity contribution in [3.63, 3.8) is 0 Å². The standard InChI is InChI=1S/C19H22N2O2S/c1-2-14(15-8-4-3-5-9-15)12-21-19(23)16-10-6-7-11-17(16)24-13-18(20)22/h3-11,14H,2,12-13H2,1H3,(H2,20,22)(H,21,23)/t14-/m0/s1. The fraction of sp³-hybridized carbons (Fsp3) is 0.263. The summed E-state index contributed by atoms with van der Waals surface area (Å²) < 4.78 is 0. The summed E-state index contributed by atoms with van der Waals surface area (Å²) in [6.07, 6.45) is 0.947. The minimum atomic E-state index is -0.398. The van der Waals surface area contributed by atoms with Crippen LogP contribution < -0.4 is 11.1 Å². The number of nitrogens with two attached hydrogens (primary N) is 1. The number of amides is 2. The number of benzene rings is 2. The molecule has 0 saturated carbocycles. The van der Waals surface area contributed by atoms with Crippen molar-refractivity contribution in [1.82, 2.24) is 5.32 Å². The van der Waals surface area contributed by atoms with Gasteiger partial charge in [-0.15, -0.1) is 11.8 Å². The molecule has 1 atom stereocenters. The molecule has 126 valence electrons. The number of hydrogen-bond donors (Lipinski definition) is 2. The lowest BCUT2D eigenvalue weighted by Crippen LogP contribution is -2.28. The molecule has 0 spiro atoms. The van der Waals surface area contributed by atoms with Gasteiger partial charge in [-0.3, -0.25) is 9.59 Å². The van der Waals surface area contributed by atoms with E-state index in [0.717, 1.165) is 11.3 Å². The van der Waals surface area contributed by atoms with Gasteiger partial charge in [0.25, 0.3) is 5.91 Å². The van der Waals surface area contributed by atoms with Crippen molar-refractivity contribution in [2.75, 3.05) is 12.3 Å². The molecule has 2 rings (SSSR count). The van der Waals surface area contributed by atoms with Crippen molar-refractivity contribution in [2.24, 2.45) is 5.73 Å². The number of hydrogen-bond acceptors (Lipinski definition) is 3. The van der Waals surface area contributed by atoms with Crippen molar-refractivity contribution >= 4 is 23.6 Å². The van der Waals surface area contributed by atoms with Crippen LogP contribution in [-0.2, 0) is 4.79 Å². The van der Waals surface area contributed by atoms with E-state index in [-0.39, 0.29) is 17.6 Å².